The molecular weight excluding hydrogens is 339 g/mol. The van der Waals surface area contributed by atoms with Gasteiger partial charge in [-0.25, -0.2) is 0 Å². The second-order valence-corrected chi connectivity index (χ2v) is 6.15. The molecule has 0 aliphatic rings. The van der Waals surface area contributed by atoms with Gasteiger partial charge in [0.2, 0.25) is 0 Å². The lowest BCUT2D eigenvalue weighted by Gasteiger charge is -1.93. The van der Waals surface area contributed by atoms with Gasteiger partial charge in [-0.05, 0) is 59.0 Å². The predicted molar refractivity (Wildman–Crippen MR) is 77.1 cm³/mol. The molecule has 0 saturated carbocycles. The second-order valence-electron chi connectivity index (χ2n) is 3.38. The predicted octanol–water partition coefficient (Wildman–Crippen LogP) is 5.31. The van der Waals surface area contributed by atoms with Gasteiger partial charge in [-0.1, -0.05) is 11.6 Å². The lowest BCUT2D eigenvalue weighted by Crippen LogP contribution is -1.70. The van der Waals surface area contributed by atoms with Crippen molar-refractivity contribution >= 4 is 65.7 Å². The molecule has 74 valence electrons. The molecule has 3 heteroatoms. The highest BCUT2D eigenvalue weighted by molar-refractivity contribution is 14.1. The standard InChI is InChI=1S/C12H6ClIS/c13-7-1-3-11-9(5-7)10-6-8(14)2-4-12(10)15-11/h1-6H. The Labute approximate surface area is 110 Å². The third-order valence-corrected chi connectivity index (χ3v) is 4.45. The molecule has 0 atom stereocenters. The van der Waals surface area contributed by atoms with Gasteiger partial charge in [-0.2, -0.15) is 0 Å². The van der Waals surface area contributed by atoms with Crippen LogP contribution in [0.15, 0.2) is 36.4 Å². The third-order valence-electron chi connectivity index (χ3n) is 2.39. The molecule has 0 radical (unpaired) electrons. The van der Waals surface area contributed by atoms with Gasteiger partial charge < -0.3 is 0 Å². The molecule has 0 N–H and O–H groups in total. The Morgan fingerprint density at radius 2 is 1.60 bits per heavy atom. The molecule has 0 aliphatic carbocycles. The first-order valence-electron chi connectivity index (χ1n) is 4.51. The van der Waals surface area contributed by atoms with Crippen molar-refractivity contribution in [3.05, 3.63) is 45.0 Å². The number of hydrogen-bond acceptors (Lipinski definition) is 1. The van der Waals surface area contributed by atoms with Crippen LogP contribution >= 0.6 is 45.5 Å². The molecule has 0 bridgehead atoms. The normalized spacial score (nSPS) is 11.3. The maximum atomic E-state index is 6.02. The fourth-order valence-corrected chi connectivity index (χ4v) is 3.45. The topological polar surface area (TPSA) is 0 Å². The third kappa shape index (κ3) is 1.65. The molecule has 0 aliphatic heterocycles. The van der Waals surface area contributed by atoms with Gasteiger partial charge in [0.1, 0.15) is 0 Å². The Bertz CT molecular complexity index is 601. The summed E-state index contributed by atoms with van der Waals surface area (Å²) < 4.78 is 3.89. The van der Waals surface area contributed by atoms with E-state index in [9.17, 15) is 0 Å². The van der Waals surface area contributed by atoms with E-state index in [2.05, 4.69) is 46.9 Å². The smallest absolute Gasteiger partial charge is 0.0413 e. The molecule has 1 aromatic heterocycles. The van der Waals surface area contributed by atoms with Crippen LogP contribution in [0.4, 0.5) is 0 Å². The summed E-state index contributed by atoms with van der Waals surface area (Å²) in [5.74, 6) is 0. The van der Waals surface area contributed by atoms with Crippen LogP contribution in [-0.2, 0) is 0 Å². The second kappa shape index (κ2) is 3.61. The molecule has 0 spiro atoms. The van der Waals surface area contributed by atoms with Crippen LogP contribution in [0.5, 0.6) is 0 Å². The van der Waals surface area contributed by atoms with E-state index in [0.29, 0.717) is 0 Å². The van der Waals surface area contributed by atoms with Crippen LogP contribution in [0.3, 0.4) is 0 Å². The molecule has 15 heavy (non-hydrogen) atoms. The van der Waals surface area contributed by atoms with E-state index in [4.69, 9.17) is 11.6 Å². The molecule has 0 fully saturated rings. The first kappa shape index (κ1) is 9.87. The Balaban J connectivity index is 2.55. The molecule has 0 unspecified atom stereocenters. The van der Waals surface area contributed by atoms with Crippen LogP contribution in [0.1, 0.15) is 0 Å². The largest absolute Gasteiger partial charge is 0.135 e. The number of benzene rings is 2. The lowest BCUT2D eigenvalue weighted by molar-refractivity contribution is 1.76. The summed E-state index contributed by atoms with van der Waals surface area (Å²) in [6, 6.07) is 12.6. The molecule has 1 heterocycles. The highest BCUT2D eigenvalue weighted by atomic mass is 127. The zero-order valence-corrected chi connectivity index (χ0v) is 11.4. The van der Waals surface area contributed by atoms with Crippen molar-refractivity contribution in [1.82, 2.24) is 0 Å². The highest BCUT2D eigenvalue weighted by Crippen LogP contribution is 2.35. The van der Waals surface area contributed by atoms with E-state index in [-0.39, 0.29) is 0 Å². The molecule has 3 aromatic rings. The summed E-state index contributed by atoms with van der Waals surface area (Å²) in [6.45, 7) is 0. The zero-order valence-electron chi connectivity index (χ0n) is 7.63. The van der Waals surface area contributed by atoms with Crippen molar-refractivity contribution in [2.45, 2.75) is 0 Å². The molecule has 0 saturated heterocycles. The summed E-state index contributed by atoms with van der Waals surface area (Å²) in [5.41, 5.74) is 0. The van der Waals surface area contributed by atoms with Crippen LogP contribution in [0, 0.1) is 3.57 Å². The summed E-state index contributed by atoms with van der Waals surface area (Å²) in [6.07, 6.45) is 0. The highest BCUT2D eigenvalue weighted by Gasteiger charge is 2.05. The Morgan fingerprint density at radius 1 is 0.933 bits per heavy atom. The molecule has 2 aromatic carbocycles. The maximum absolute atomic E-state index is 6.02. The van der Waals surface area contributed by atoms with Crippen LogP contribution in [0.2, 0.25) is 5.02 Å². The monoisotopic (exact) mass is 344 g/mol. The van der Waals surface area contributed by atoms with Crippen molar-refractivity contribution in [3.63, 3.8) is 0 Å². The number of fused-ring (bicyclic) bond motifs is 3. The van der Waals surface area contributed by atoms with Crippen LogP contribution in [-0.4, -0.2) is 0 Å². The fraction of sp³-hybridized carbons (Fsp3) is 0. The number of halogens is 2. The van der Waals surface area contributed by atoms with Crippen molar-refractivity contribution in [2.24, 2.45) is 0 Å². The van der Waals surface area contributed by atoms with Gasteiger partial charge in [-0.15, -0.1) is 11.3 Å². The van der Waals surface area contributed by atoms with Gasteiger partial charge in [0, 0.05) is 28.8 Å². The molecule has 0 nitrogen and oxygen atoms in total. The SMILES string of the molecule is Clc1ccc2sc3ccc(I)cc3c2c1. The van der Waals surface area contributed by atoms with Gasteiger partial charge in [0.05, 0.1) is 0 Å². The number of rotatable bonds is 0. The van der Waals surface area contributed by atoms with E-state index in [1.807, 2.05) is 23.5 Å². The summed E-state index contributed by atoms with van der Waals surface area (Å²) in [5, 5.41) is 3.38. The van der Waals surface area contributed by atoms with Crippen molar-refractivity contribution < 1.29 is 0 Å². The average molecular weight is 345 g/mol. The van der Waals surface area contributed by atoms with Gasteiger partial charge in [-0.3, -0.25) is 0 Å². The zero-order chi connectivity index (χ0) is 10.4. The Hall–Kier alpha value is -0.320. The lowest BCUT2D eigenvalue weighted by atomic mass is 10.1. The summed E-state index contributed by atoms with van der Waals surface area (Å²) >= 11 is 10.2. The van der Waals surface area contributed by atoms with E-state index >= 15 is 0 Å². The molecule has 3 rings (SSSR count). The Morgan fingerprint density at radius 3 is 2.40 bits per heavy atom. The quantitative estimate of drug-likeness (QED) is 0.485. The first-order chi connectivity index (χ1) is 7.24. The van der Waals surface area contributed by atoms with Crippen LogP contribution in [0.25, 0.3) is 20.2 Å². The fourth-order valence-electron chi connectivity index (χ4n) is 1.72. The summed E-state index contributed by atoms with van der Waals surface area (Å²) in [7, 11) is 0. The van der Waals surface area contributed by atoms with Crippen molar-refractivity contribution in [3.8, 4) is 0 Å². The molecule has 0 amide bonds. The van der Waals surface area contributed by atoms with E-state index < -0.39 is 0 Å². The minimum absolute atomic E-state index is 0.807. The van der Waals surface area contributed by atoms with Gasteiger partial charge in [0.15, 0.2) is 0 Å². The summed E-state index contributed by atoms with van der Waals surface area (Å²) in [4.78, 5) is 0. The van der Waals surface area contributed by atoms with E-state index in [1.165, 1.54) is 23.7 Å². The van der Waals surface area contributed by atoms with E-state index in [1.54, 1.807) is 0 Å². The number of hydrogen-bond donors (Lipinski definition) is 0. The minimum Gasteiger partial charge on any atom is -0.135 e. The van der Waals surface area contributed by atoms with Crippen molar-refractivity contribution in [1.29, 1.82) is 0 Å². The maximum Gasteiger partial charge on any atom is 0.0413 e. The van der Waals surface area contributed by atoms with Gasteiger partial charge >= 0.3 is 0 Å². The molecular formula is C12H6ClIS. The number of thiophene rings is 1. The average Bonchev–Trinajstić information content (AvgIpc) is 2.56. The Kier molecular flexibility index (Phi) is 2.38. The van der Waals surface area contributed by atoms with Crippen LogP contribution < -0.4 is 0 Å². The minimum atomic E-state index is 0.807. The van der Waals surface area contributed by atoms with Gasteiger partial charge in [0.25, 0.3) is 0 Å². The van der Waals surface area contributed by atoms with Crippen molar-refractivity contribution in [2.75, 3.05) is 0 Å². The first-order valence-corrected chi connectivity index (χ1v) is 6.79. The van der Waals surface area contributed by atoms with E-state index in [0.717, 1.165) is 5.02 Å².